The summed E-state index contributed by atoms with van der Waals surface area (Å²) < 4.78 is 0. The van der Waals surface area contributed by atoms with Gasteiger partial charge in [-0.25, -0.2) is 19.4 Å². The summed E-state index contributed by atoms with van der Waals surface area (Å²) in [6.07, 6.45) is 0.790. The topological polar surface area (TPSA) is 174 Å². The van der Waals surface area contributed by atoms with Gasteiger partial charge in [-0.15, -0.1) is 4.91 Å². The van der Waals surface area contributed by atoms with E-state index in [1.807, 2.05) is 0 Å². The number of carboxylic acid groups (broad SMARTS) is 3. The van der Waals surface area contributed by atoms with Crippen molar-refractivity contribution in [3.8, 4) is 0 Å². The lowest BCUT2D eigenvalue weighted by Gasteiger charge is -2.01. The Morgan fingerprint density at radius 2 is 1.56 bits per heavy atom. The SMILES string of the molecule is O=C(O)c1cnc(C(=O)O)c(C(=O)O)c1.O=NO. The second-order valence-electron chi connectivity index (χ2n) is 2.62. The molecule has 0 atom stereocenters. The van der Waals surface area contributed by atoms with Crippen LogP contribution in [0.5, 0.6) is 0 Å². The molecule has 1 aromatic rings. The summed E-state index contributed by atoms with van der Waals surface area (Å²) in [6.45, 7) is 0. The van der Waals surface area contributed by atoms with E-state index in [2.05, 4.69) is 4.98 Å². The minimum atomic E-state index is -1.54. The average Bonchev–Trinajstić information content (AvgIpc) is 2.28. The number of carboxylic acids is 3. The van der Waals surface area contributed by atoms with Crippen LogP contribution in [0.15, 0.2) is 17.6 Å². The number of aromatic nitrogens is 1. The van der Waals surface area contributed by atoms with Crippen LogP contribution in [0.2, 0.25) is 0 Å². The van der Waals surface area contributed by atoms with Gasteiger partial charge >= 0.3 is 17.9 Å². The van der Waals surface area contributed by atoms with Crippen LogP contribution in [0, 0.1) is 4.91 Å². The van der Waals surface area contributed by atoms with Crippen LogP contribution in [0.4, 0.5) is 0 Å². The van der Waals surface area contributed by atoms with Crippen LogP contribution in [-0.2, 0) is 0 Å². The lowest BCUT2D eigenvalue weighted by molar-refractivity contribution is 0.0643. The van der Waals surface area contributed by atoms with Gasteiger partial charge in [-0.2, -0.15) is 0 Å². The fourth-order valence-electron chi connectivity index (χ4n) is 0.915. The molecule has 10 nitrogen and oxygen atoms in total. The number of nitrogens with zero attached hydrogens (tertiary/aromatic N) is 2. The summed E-state index contributed by atoms with van der Waals surface area (Å²) in [6, 6.07) is 0.751. The third kappa shape index (κ3) is 3.84. The fraction of sp³-hybridized carbons (Fsp3) is 0. The van der Waals surface area contributed by atoms with Gasteiger partial charge in [0.1, 0.15) is 0 Å². The number of pyridine rings is 1. The van der Waals surface area contributed by atoms with Gasteiger partial charge in [0.15, 0.2) is 11.0 Å². The van der Waals surface area contributed by atoms with Crippen LogP contribution < -0.4 is 0 Å². The summed E-state index contributed by atoms with van der Waals surface area (Å²) in [4.78, 5) is 43.0. The van der Waals surface area contributed by atoms with Gasteiger partial charge in [-0.1, -0.05) is 0 Å². The first kappa shape index (κ1) is 15.0. The zero-order valence-corrected chi connectivity index (χ0v) is 8.47. The molecule has 0 saturated carbocycles. The first-order valence-electron chi connectivity index (χ1n) is 4.01. The van der Waals surface area contributed by atoms with Crippen molar-refractivity contribution in [2.45, 2.75) is 0 Å². The lowest BCUT2D eigenvalue weighted by Crippen LogP contribution is -2.12. The molecule has 0 unspecified atom stereocenters. The maximum atomic E-state index is 10.6. The van der Waals surface area contributed by atoms with Crippen LogP contribution in [0.25, 0.3) is 0 Å². The van der Waals surface area contributed by atoms with Crippen molar-refractivity contribution in [2.24, 2.45) is 5.34 Å². The number of carbonyl (C=O) groups is 3. The molecule has 18 heavy (non-hydrogen) atoms. The summed E-state index contributed by atoms with van der Waals surface area (Å²) in [5.74, 6) is -4.44. The van der Waals surface area contributed by atoms with Gasteiger partial charge < -0.3 is 20.5 Å². The quantitative estimate of drug-likeness (QED) is 0.439. The van der Waals surface area contributed by atoms with E-state index >= 15 is 0 Å². The maximum absolute atomic E-state index is 10.6. The molecule has 0 aliphatic heterocycles. The summed E-state index contributed by atoms with van der Waals surface area (Å²) in [7, 11) is 0. The van der Waals surface area contributed by atoms with Gasteiger partial charge in [0, 0.05) is 6.20 Å². The highest BCUT2D eigenvalue weighted by molar-refractivity contribution is 6.02. The number of aromatic carboxylic acids is 3. The van der Waals surface area contributed by atoms with E-state index in [1.165, 1.54) is 5.34 Å². The minimum absolute atomic E-state index is 0.377. The van der Waals surface area contributed by atoms with Crippen LogP contribution in [0.3, 0.4) is 0 Å². The molecule has 10 heteroatoms. The molecule has 1 heterocycles. The van der Waals surface area contributed by atoms with Crippen molar-refractivity contribution in [1.29, 1.82) is 0 Å². The van der Waals surface area contributed by atoms with E-state index in [0.29, 0.717) is 0 Å². The molecule has 0 aromatic carbocycles. The Labute approximate surface area is 98.1 Å². The first-order chi connectivity index (χ1) is 8.34. The van der Waals surface area contributed by atoms with Gasteiger partial charge in [0.25, 0.3) is 0 Å². The second kappa shape index (κ2) is 6.52. The van der Waals surface area contributed by atoms with E-state index in [0.717, 1.165) is 12.3 Å². The Bertz CT molecular complexity index is 498. The highest BCUT2D eigenvalue weighted by atomic mass is 16.6. The van der Waals surface area contributed by atoms with E-state index in [1.54, 1.807) is 0 Å². The third-order valence-electron chi connectivity index (χ3n) is 1.57. The van der Waals surface area contributed by atoms with Crippen molar-refractivity contribution >= 4 is 17.9 Å². The van der Waals surface area contributed by atoms with Gasteiger partial charge in [-0.05, 0) is 6.07 Å². The zero-order valence-electron chi connectivity index (χ0n) is 8.47. The van der Waals surface area contributed by atoms with Crippen molar-refractivity contribution in [3.05, 3.63) is 34.0 Å². The highest BCUT2D eigenvalue weighted by Gasteiger charge is 2.19. The van der Waals surface area contributed by atoms with E-state index in [9.17, 15) is 14.4 Å². The molecular weight excluding hydrogens is 252 g/mol. The predicted molar refractivity (Wildman–Crippen MR) is 52.7 cm³/mol. The highest BCUT2D eigenvalue weighted by Crippen LogP contribution is 2.09. The molecule has 4 N–H and O–H groups in total. The number of hydrogen-bond acceptors (Lipinski definition) is 6. The molecule has 0 bridgehead atoms. The Morgan fingerprint density at radius 1 is 1.06 bits per heavy atom. The molecule has 0 saturated heterocycles. The first-order valence-corrected chi connectivity index (χ1v) is 4.01. The summed E-state index contributed by atoms with van der Waals surface area (Å²) in [5, 5.41) is 33.6. The molecule has 96 valence electrons. The third-order valence-corrected chi connectivity index (χ3v) is 1.57. The maximum Gasteiger partial charge on any atom is 0.355 e. The van der Waals surface area contributed by atoms with E-state index in [4.69, 9.17) is 25.4 Å². The van der Waals surface area contributed by atoms with Crippen molar-refractivity contribution in [2.75, 3.05) is 0 Å². The van der Waals surface area contributed by atoms with Crippen molar-refractivity contribution < 1.29 is 34.9 Å². The monoisotopic (exact) mass is 258 g/mol. The standard InChI is InChI=1S/C8H5NO6.HNO2/c10-6(11)3-1-4(7(12)13)5(8(14)15)9-2-3;2-1-3/h1-2H,(H,10,11)(H,12,13)(H,14,15);(H,2,3). The predicted octanol–water partition coefficient (Wildman–Crippen LogP) is 0.318. The van der Waals surface area contributed by atoms with E-state index < -0.39 is 29.2 Å². The van der Waals surface area contributed by atoms with Crippen LogP contribution in [0.1, 0.15) is 31.2 Å². The molecular formula is C8H6N2O8. The smallest absolute Gasteiger partial charge is 0.355 e. The Morgan fingerprint density at radius 3 is 1.89 bits per heavy atom. The summed E-state index contributed by atoms with van der Waals surface area (Å²) in [5.41, 5.74) is -1.72. The molecule has 0 radical (unpaired) electrons. The molecule has 1 aromatic heterocycles. The van der Waals surface area contributed by atoms with Gasteiger partial charge in [0.2, 0.25) is 0 Å². The minimum Gasteiger partial charge on any atom is -0.478 e. The van der Waals surface area contributed by atoms with Gasteiger partial charge in [-0.3, -0.25) is 0 Å². The molecule has 0 amide bonds. The Balaban J connectivity index is 0.000000873. The fourth-order valence-corrected chi connectivity index (χ4v) is 0.915. The Kier molecular flexibility index (Phi) is 5.42. The number of hydrogen-bond donors (Lipinski definition) is 4. The molecule has 0 spiro atoms. The number of rotatable bonds is 3. The Hall–Kier alpha value is -3.04. The van der Waals surface area contributed by atoms with Crippen molar-refractivity contribution in [3.63, 3.8) is 0 Å². The average molecular weight is 258 g/mol. The van der Waals surface area contributed by atoms with Crippen LogP contribution >= 0.6 is 0 Å². The largest absolute Gasteiger partial charge is 0.478 e. The summed E-state index contributed by atoms with van der Waals surface area (Å²) >= 11 is 0. The molecule has 0 aliphatic carbocycles. The van der Waals surface area contributed by atoms with Gasteiger partial charge in [0.05, 0.1) is 11.1 Å². The van der Waals surface area contributed by atoms with E-state index in [-0.39, 0.29) is 5.56 Å². The molecule has 0 fully saturated rings. The second-order valence-corrected chi connectivity index (χ2v) is 2.62. The molecule has 1 rings (SSSR count). The zero-order chi connectivity index (χ0) is 14.3. The van der Waals surface area contributed by atoms with Crippen LogP contribution in [-0.4, -0.2) is 43.4 Å². The molecule has 0 aliphatic rings. The lowest BCUT2D eigenvalue weighted by atomic mass is 10.1. The van der Waals surface area contributed by atoms with Crippen molar-refractivity contribution in [1.82, 2.24) is 4.98 Å². The normalized spacial score (nSPS) is 8.67.